The van der Waals surface area contributed by atoms with Crippen LogP contribution in [0.15, 0.2) is 36.4 Å². The Morgan fingerprint density at radius 1 is 1.27 bits per heavy atom. The summed E-state index contributed by atoms with van der Waals surface area (Å²) in [6.45, 7) is 0. The van der Waals surface area contributed by atoms with E-state index in [9.17, 15) is 0 Å². The van der Waals surface area contributed by atoms with Crippen molar-refractivity contribution in [1.29, 1.82) is 5.41 Å². The van der Waals surface area contributed by atoms with Gasteiger partial charge < -0.3 is 0 Å². The lowest BCUT2D eigenvalue weighted by Crippen LogP contribution is -1.80. The molecular weight excluding hydrogens is 134 g/mol. The van der Waals surface area contributed by atoms with Crippen LogP contribution in [0.4, 0.5) is 0 Å². The lowest BCUT2D eigenvalue weighted by molar-refractivity contribution is 1.01. The zero-order valence-corrected chi connectivity index (χ0v) is 6.38. The van der Waals surface area contributed by atoms with Gasteiger partial charge in [-0.15, -0.1) is 0 Å². The molecular formula is C10H11N. The largest absolute Gasteiger partial charge is 0.259 e. The first-order valence-corrected chi connectivity index (χ1v) is 3.71. The Kier molecular flexibility index (Phi) is 3.17. The molecule has 0 unspecified atom stereocenters. The molecule has 11 heavy (non-hydrogen) atoms. The van der Waals surface area contributed by atoms with E-state index in [-0.39, 0.29) is 0 Å². The van der Waals surface area contributed by atoms with Gasteiger partial charge in [0.1, 0.15) is 0 Å². The van der Waals surface area contributed by atoms with E-state index >= 15 is 0 Å². The summed E-state index contributed by atoms with van der Waals surface area (Å²) in [4.78, 5) is 0. The van der Waals surface area contributed by atoms with Crippen molar-refractivity contribution in [2.45, 2.75) is 12.8 Å². The van der Waals surface area contributed by atoms with Crippen LogP contribution >= 0.6 is 0 Å². The molecule has 0 saturated carbocycles. The van der Waals surface area contributed by atoms with Gasteiger partial charge >= 0.3 is 0 Å². The summed E-state index contributed by atoms with van der Waals surface area (Å²) in [6, 6.07) is 10.3. The second-order valence-corrected chi connectivity index (χ2v) is 2.37. The molecule has 0 aromatic heterocycles. The molecule has 0 aliphatic heterocycles. The molecule has 1 aromatic rings. The highest BCUT2D eigenvalue weighted by Crippen LogP contribution is 2.01. The maximum atomic E-state index is 6.66. The summed E-state index contributed by atoms with van der Waals surface area (Å²) in [6.07, 6.45) is 3.66. The van der Waals surface area contributed by atoms with Gasteiger partial charge in [-0.2, -0.15) is 0 Å². The Bertz CT molecular complexity index is 245. The second kappa shape index (κ2) is 4.48. The van der Waals surface area contributed by atoms with E-state index in [0.29, 0.717) is 0 Å². The molecule has 56 valence electrons. The average molecular weight is 145 g/mol. The van der Waals surface area contributed by atoms with Crippen LogP contribution in [0, 0.1) is 5.41 Å². The first-order valence-electron chi connectivity index (χ1n) is 3.71. The van der Waals surface area contributed by atoms with Gasteiger partial charge in [-0.1, -0.05) is 30.3 Å². The van der Waals surface area contributed by atoms with Crippen LogP contribution in [0.25, 0.3) is 0 Å². The highest BCUT2D eigenvalue weighted by atomic mass is 14.3. The summed E-state index contributed by atoms with van der Waals surface area (Å²) < 4.78 is 0. The normalized spacial score (nSPS) is 8.73. The van der Waals surface area contributed by atoms with Crippen molar-refractivity contribution in [1.82, 2.24) is 0 Å². The number of benzene rings is 1. The van der Waals surface area contributed by atoms with Crippen molar-refractivity contribution in [3.05, 3.63) is 42.0 Å². The molecule has 0 heterocycles. The third-order valence-electron chi connectivity index (χ3n) is 1.52. The van der Waals surface area contributed by atoms with Gasteiger partial charge in [0.2, 0.25) is 0 Å². The molecule has 1 N–H and O–H groups in total. The van der Waals surface area contributed by atoms with Crippen LogP contribution in [0.1, 0.15) is 12.0 Å². The number of rotatable bonds is 3. The lowest BCUT2D eigenvalue weighted by Gasteiger charge is -1.94. The molecule has 0 amide bonds. The van der Waals surface area contributed by atoms with Gasteiger partial charge in [-0.3, -0.25) is 5.41 Å². The minimum absolute atomic E-state index is 0.910. The van der Waals surface area contributed by atoms with Crippen molar-refractivity contribution in [2.24, 2.45) is 0 Å². The quantitative estimate of drug-likeness (QED) is 0.631. The van der Waals surface area contributed by atoms with Crippen molar-refractivity contribution in [2.75, 3.05) is 0 Å². The molecule has 0 radical (unpaired) electrons. The Morgan fingerprint density at radius 2 is 2.00 bits per heavy atom. The monoisotopic (exact) mass is 145 g/mol. The molecule has 1 heteroatoms. The first-order chi connectivity index (χ1) is 5.43. The number of hydrogen-bond donors (Lipinski definition) is 1. The van der Waals surface area contributed by atoms with Crippen LogP contribution in [-0.4, -0.2) is 5.87 Å². The van der Waals surface area contributed by atoms with E-state index in [0.717, 1.165) is 12.8 Å². The summed E-state index contributed by atoms with van der Waals surface area (Å²) in [5.74, 6) is 2.26. The Labute approximate surface area is 66.9 Å². The molecule has 0 fully saturated rings. The molecule has 0 saturated heterocycles. The fraction of sp³-hybridized carbons (Fsp3) is 0.200. The Hall–Kier alpha value is -1.33. The first kappa shape index (κ1) is 7.77. The van der Waals surface area contributed by atoms with E-state index in [4.69, 9.17) is 5.41 Å². The average Bonchev–Trinajstić information content (AvgIpc) is 2.07. The van der Waals surface area contributed by atoms with Crippen LogP contribution in [0.5, 0.6) is 0 Å². The molecule has 0 atom stereocenters. The maximum absolute atomic E-state index is 6.66. The molecule has 1 aromatic carbocycles. The highest BCUT2D eigenvalue weighted by Gasteiger charge is 1.86. The maximum Gasteiger partial charge on any atom is -0.0218 e. The van der Waals surface area contributed by atoms with Gasteiger partial charge in [0, 0.05) is 0 Å². The number of nitrogens with one attached hydrogen (secondary N) is 1. The smallest absolute Gasteiger partial charge is 0.0218 e. The highest BCUT2D eigenvalue weighted by molar-refractivity contribution is 5.47. The number of aryl methyl sites for hydroxylation is 1. The minimum atomic E-state index is 0.910. The van der Waals surface area contributed by atoms with Crippen molar-refractivity contribution < 1.29 is 0 Å². The van der Waals surface area contributed by atoms with Crippen LogP contribution in [0.3, 0.4) is 0 Å². The van der Waals surface area contributed by atoms with Crippen molar-refractivity contribution in [3.63, 3.8) is 0 Å². The molecule has 0 aliphatic rings. The zero-order chi connectivity index (χ0) is 7.94. The molecule has 0 spiro atoms. The summed E-state index contributed by atoms with van der Waals surface area (Å²) in [5.41, 5.74) is 1.32. The fourth-order valence-electron chi connectivity index (χ4n) is 0.956. The molecule has 1 rings (SSSR count). The predicted molar refractivity (Wildman–Crippen MR) is 47.1 cm³/mol. The van der Waals surface area contributed by atoms with E-state index in [1.165, 1.54) is 5.56 Å². The minimum Gasteiger partial charge on any atom is -0.259 e. The summed E-state index contributed by atoms with van der Waals surface area (Å²) >= 11 is 0. The van der Waals surface area contributed by atoms with E-state index < -0.39 is 0 Å². The van der Waals surface area contributed by atoms with Crippen LogP contribution in [0.2, 0.25) is 0 Å². The van der Waals surface area contributed by atoms with Gasteiger partial charge in [0.25, 0.3) is 0 Å². The predicted octanol–water partition coefficient (Wildman–Crippen LogP) is 2.42. The molecule has 0 aliphatic carbocycles. The second-order valence-electron chi connectivity index (χ2n) is 2.37. The fourth-order valence-corrected chi connectivity index (χ4v) is 0.956. The lowest BCUT2D eigenvalue weighted by atomic mass is 10.1. The van der Waals surface area contributed by atoms with Crippen molar-refractivity contribution in [3.8, 4) is 0 Å². The standard InChI is InChI=1S/C10H11N/c11-9-5-4-8-10-6-2-1-3-7-10/h1-3,5-7,11H,4,8H2. The van der Waals surface area contributed by atoms with E-state index in [1.54, 1.807) is 6.08 Å². The molecule has 0 bridgehead atoms. The summed E-state index contributed by atoms with van der Waals surface area (Å²) in [7, 11) is 0. The van der Waals surface area contributed by atoms with Crippen molar-refractivity contribution >= 4 is 5.87 Å². The number of hydrogen-bond acceptors (Lipinski definition) is 1. The molecule has 1 nitrogen and oxygen atoms in total. The Balaban J connectivity index is 2.45. The van der Waals surface area contributed by atoms with Gasteiger partial charge in [0.15, 0.2) is 0 Å². The Morgan fingerprint density at radius 3 is 2.64 bits per heavy atom. The van der Waals surface area contributed by atoms with Gasteiger partial charge in [-0.05, 0) is 30.4 Å². The van der Waals surface area contributed by atoms with E-state index in [2.05, 4.69) is 18.0 Å². The van der Waals surface area contributed by atoms with Crippen LogP contribution < -0.4 is 0 Å². The van der Waals surface area contributed by atoms with Gasteiger partial charge in [-0.25, -0.2) is 0 Å². The zero-order valence-electron chi connectivity index (χ0n) is 6.38. The number of allylic oxidation sites excluding steroid dienone is 1. The summed E-state index contributed by atoms with van der Waals surface area (Å²) in [5, 5.41) is 6.66. The topological polar surface area (TPSA) is 23.9 Å². The van der Waals surface area contributed by atoms with E-state index in [1.807, 2.05) is 18.2 Å². The van der Waals surface area contributed by atoms with Gasteiger partial charge in [0.05, 0.1) is 0 Å². The third kappa shape index (κ3) is 2.83. The third-order valence-corrected chi connectivity index (χ3v) is 1.52. The SMILES string of the molecule is N=C=CCCc1ccccc1. The van der Waals surface area contributed by atoms with Crippen LogP contribution in [-0.2, 0) is 6.42 Å².